The van der Waals surface area contributed by atoms with Gasteiger partial charge in [-0.25, -0.2) is 4.99 Å². The molecule has 126 valence electrons. The minimum Gasteiger partial charge on any atom is -0.377 e. The smallest absolute Gasteiger partial charge is 0.193 e. The van der Waals surface area contributed by atoms with Crippen molar-refractivity contribution in [3.8, 4) is 0 Å². The maximum Gasteiger partial charge on any atom is 0.193 e. The number of nitrogens with one attached hydrogen (secondary N) is 1. The van der Waals surface area contributed by atoms with Crippen molar-refractivity contribution < 1.29 is 4.74 Å². The van der Waals surface area contributed by atoms with E-state index in [4.69, 9.17) is 15.5 Å². The van der Waals surface area contributed by atoms with E-state index in [0.29, 0.717) is 24.0 Å². The molecular formula is C18H26IN3O. The Labute approximate surface area is 155 Å². The highest BCUT2D eigenvalue weighted by atomic mass is 127. The second-order valence-electron chi connectivity index (χ2n) is 7.13. The van der Waals surface area contributed by atoms with E-state index in [0.717, 1.165) is 18.7 Å². The Morgan fingerprint density at radius 1 is 1.26 bits per heavy atom. The number of halogens is 1. The summed E-state index contributed by atoms with van der Waals surface area (Å²) in [5.41, 5.74) is 8.72. The minimum atomic E-state index is 0. The summed E-state index contributed by atoms with van der Waals surface area (Å²) in [6.07, 6.45) is 6.70. The Morgan fingerprint density at radius 3 is 2.65 bits per heavy atom. The number of hydrogen-bond acceptors (Lipinski definition) is 2. The summed E-state index contributed by atoms with van der Waals surface area (Å²) in [6.45, 7) is 2.98. The van der Waals surface area contributed by atoms with E-state index in [2.05, 4.69) is 24.4 Å². The lowest BCUT2D eigenvalue weighted by atomic mass is 9.54. The van der Waals surface area contributed by atoms with Crippen molar-refractivity contribution in [3.63, 3.8) is 0 Å². The predicted molar refractivity (Wildman–Crippen MR) is 104 cm³/mol. The SMILES string of the molecule is Cc1ccc(NC(N)=NC2C3CCOC3C23CCCC3)cc1.I. The van der Waals surface area contributed by atoms with Gasteiger partial charge in [-0.15, -0.1) is 24.0 Å². The van der Waals surface area contributed by atoms with E-state index in [1.165, 1.54) is 31.2 Å². The fourth-order valence-corrected chi connectivity index (χ4v) is 4.80. The van der Waals surface area contributed by atoms with Crippen LogP contribution < -0.4 is 11.1 Å². The number of anilines is 1. The van der Waals surface area contributed by atoms with Gasteiger partial charge in [-0.1, -0.05) is 30.5 Å². The molecule has 1 spiro atoms. The summed E-state index contributed by atoms with van der Waals surface area (Å²) in [7, 11) is 0. The first-order chi connectivity index (χ1) is 10.7. The van der Waals surface area contributed by atoms with E-state index < -0.39 is 0 Å². The van der Waals surface area contributed by atoms with Crippen molar-refractivity contribution in [2.45, 2.75) is 51.2 Å². The lowest BCUT2D eigenvalue weighted by molar-refractivity contribution is -0.117. The molecule has 3 fully saturated rings. The molecule has 4 rings (SSSR count). The molecule has 0 radical (unpaired) electrons. The Hall–Kier alpha value is -0.820. The summed E-state index contributed by atoms with van der Waals surface area (Å²) in [5, 5.41) is 3.24. The molecule has 4 nitrogen and oxygen atoms in total. The number of aliphatic imine (C=N–C) groups is 1. The van der Waals surface area contributed by atoms with Crippen molar-refractivity contribution >= 4 is 35.6 Å². The van der Waals surface area contributed by atoms with Gasteiger partial charge in [0.1, 0.15) is 0 Å². The number of guanidine groups is 1. The van der Waals surface area contributed by atoms with Gasteiger partial charge in [-0.05, 0) is 38.3 Å². The molecule has 3 aliphatic rings. The van der Waals surface area contributed by atoms with Gasteiger partial charge in [-0.2, -0.15) is 0 Å². The number of fused-ring (bicyclic) bond motifs is 2. The number of benzene rings is 1. The average molecular weight is 427 g/mol. The van der Waals surface area contributed by atoms with Gasteiger partial charge in [0.05, 0.1) is 12.1 Å². The van der Waals surface area contributed by atoms with Crippen LogP contribution in [0, 0.1) is 18.3 Å². The maximum atomic E-state index is 6.19. The number of rotatable bonds is 2. The van der Waals surface area contributed by atoms with Crippen LogP contribution in [-0.4, -0.2) is 24.7 Å². The first-order valence-corrected chi connectivity index (χ1v) is 8.48. The number of ether oxygens (including phenoxy) is 1. The molecule has 3 unspecified atom stereocenters. The van der Waals surface area contributed by atoms with Gasteiger partial charge in [0.15, 0.2) is 5.96 Å². The van der Waals surface area contributed by atoms with Gasteiger partial charge in [0.2, 0.25) is 0 Å². The first kappa shape index (κ1) is 17.0. The molecule has 0 bridgehead atoms. The Kier molecular flexibility index (Phi) is 4.88. The zero-order valence-corrected chi connectivity index (χ0v) is 16.0. The molecule has 1 aliphatic heterocycles. The highest BCUT2D eigenvalue weighted by Crippen LogP contribution is 2.62. The molecule has 3 atom stereocenters. The normalized spacial score (nSPS) is 31.3. The molecule has 2 saturated carbocycles. The molecule has 23 heavy (non-hydrogen) atoms. The van der Waals surface area contributed by atoms with Crippen LogP contribution in [0.2, 0.25) is 0 Å². The summed E-state index contributed by atoms with van der Waals surface area (Å²) in [5.74, 6) is 1.13. The highest BCUT2D eigenvalue weighted by Gasteiger charge is 2.65. The van der Waals surface area contributed by atoms with E-state index in [1.807, 2.05) is 12.1 Å². The molecule has 1 aromatic rings. The fraction of sp³-hybridized carbons (Fsp3) is 0.611. The second-order valence-corrected chi connectivity index (χ2v) is 7.13. The minimum absolute atomic E-state index is 0. The van der Waals surface area contributed by atoms with Crippen molar-refractivity contribution in [1.29, 1.82) is 0 Å². The molecule has 1 saturated heterocycles. The van der Waals surface area contributed by atoms with E-state index in [1.54, 1.807) is 0 Å². The number of nitrogens with zero attached hydrogens (tertiary/aromatic N) is 1. The summed E-state index contributed by atoms with van der Waals surface area (Å²) in [6, 6.07) is 8.60. The lowest BCUT2D eigenvalue weighted by Crippen LogP contribution is -2.61. The molecule has 0 amide bonds. The third-order valence-corrected chi connectivity index (χ3v) is 5.84. The van der Waals surface area contributed by atoms with Gasteiger partial charge in [0.25, 0.3) is 0 Å². The standard InChI is InChI=1S/C18H25N3O.HI/c1-12-4-6-13(7-5-12)20-17(19)21-15-14-8-11-22-16(14)18(15)9-2-3-10-18;/h4-7,14-16H,2-3,8-11H2,1H3,(H3,19,20,21);1H. The Morgan fingerprint density at radius 2 is 1.96 bits per heavy atom. The number of aryl methyl sites for hydroxylation is 1. The van der Waals surface area contributed by atoms with Crippen LogP contribution in [0.3, 0.4) is 0 Å². The van der Waals surface area contributed by atoms with Crippen LogP contribution in [0.4, 0.5) is 5.69 Å². The van der Waals surface area contributed by atoms with Gasteiger partial charge in [-0.3, -0.25) is 0 Å². The molecule has 1 heterocycles. The zero-order chi connectivity index (χ0) is 15.2. The van der Waals surface area contributed by atoms with Crippen molar-refractivity contribution in [1.82, 2.24) is 0 Å². The van der Waals surface area contributed by atoms with Crippen LogP contribution in [0.1, 0.15) is 37.7 Å². The summed E-state index contributed by atoms with van der Waals surface area (Å²) < 4.78 is 6.00. The quantitative estimate of drug-likeness (QED) is 0.430. The second kappa shape index (κ2) is 6.59. The maximum absolute atomic E-state index is 6.19. The number of hydrogen-bond donors (Lipinski definition) is 2. The van der Waals surface area contributed by atoms with Crippen LogP contribution in [0.25, 0.3) is 0 Å². The van der Waals surface area contributed by atoms with Crippen LogP contribution >= 0.6 is 24.0 Å². The topological polar surface area (TPSA) is 59.6 Å². The molecular weight excluding hydrogens is 401 g/mol. The van der Waals surface area contributed by atoms with E-state index >= 15 is 0 Å². The van der Waals surface area contributed by atoms with Crippen LogP contribution in [0.5, 0.6) is 0 Å². The van der Waals surface area contributed by atoms with Gasteiger partial charge in [0, 0.05) is 23.6 Å². The first-order valence-electron chi connectivity index (χ1n) is 8.48. The Balaban J connectivity index is 0.00000156. The molecule has 5 heteroatoms. The summed E-state index contributed by atoms with van der Waals surface area (Å²) in [4.78, 5) is 4.88. The predicted octanol–water partition coefficient (Wildman–Crippen LogP) is 3.69. The van der Waals surface area contributed by atoms with Crippen molar-refractivity contribution in [2.24, 2.45) is 22.1 Å². The molecule has 1 aromatic carbocycles. The lowest BCUT2D eigenvalue weighted by Gasteiger charge is -2.54. The highest BCUT2D eigenvalue weighted by molar-refractivity contribution is 14.0. The van der Waals surface area contributed by atoms with Crippen molar-refractivity contribution in [3.05, 3.63) is 29.8 Å². The molecule has 2 aliphatic carbocycles. The third-order valence-electron chi connectivity index (χ3n) is 5.84. The molecule has 3 N–H and O–H groups in total. The summed E-state index contributed by atoms with van der Waals surface area (Å²) >= 11 is 0. The average Bonchev–Trinajstić information content (AvgIpc) is 3.15. The monoisotopic (exact) mass is 427 g/mol. The fourth-order valence-electron chi connectivity index (χ4n) is 4.80. The number of nitrogens with two attached hydrogens (primary N) is 1. The zero-order valence-electron chi connectivity index (χ0n) is 13.6. The van der Waals surface area contributed by atoms with Crippen molar-refractivity contribution in [2.75, 3.05) is 11.9 Å². The molecule has 0 aromatic heterocycles. The van der Waals surface area contributed by atoms with Gasteiger partial charge >= 0.3 is 0 Å². The Bertz CT molecular complexity index is 580. The van der Waals surface area contributed by atoms with Crippen LogP contribution in [0.15, 0.2) is 29.3 Å². The largest absolute Gasteiger partial charge is 0.377 e. The van der Waals surface area contributed by atoms with Gasteiger partial charge < -0.3 is 15.8 Å². The van der Waals surface area contributed by atoms with Crippen LogP contribution in [-0.2, 0) is 4.74 Å². The van der Waals surface area contributed by atoms with E-state index in [9.17, 15) is 0 Å². The van der Waals surface area contributed by atoms with E-state index in [-0.39, 0.29) is 29.4 Å². The third kappa shape index (κ3) is 2.86.